The highest BCUT2D eigenvalue weighted by molar-refractivity contribution is 6.02. The molecule has 31 heavy (non-hydrogen) atoms. The van der Waals surface area contributed by atoms with Gasteiger partial charge in [0.15, 0.2) is 5.82 Å². The molecular weight excluding hydrogens is 394 g/mol. The Morgan fingerprint density at radius 2 is 2.19 bits per heavy atom. The summed E-state index contributed by atoms with van der Waals surface area (Å²) >= 11 is 0. The number of rotatable bonds is 4. The molecule has 3 heterocycles. The smallest absolute Gasteiger partial charge is 0.324 e. The lowest BCUT2D eigenvalue weighted by atomic mass is 9.90. The maximum atomic E-state index is 12.3. The lowest BCUT2D eigenvalue weighted by molar-refractivity contribution is 0.262. The number of nitrogens with two attached hydrogens (primary N) is 1. The van der Waals surface area contributed by atoms with Gasteiger partial charge in [0.1, 0.15) is 17.4 Å². The third-order valence-electron chi connectivity index (χ3n) is 5.44. The molecule has 1 aromatic carbocycles. The predicted octanol–water partition coefficient (Wildman–Crippen LogP) is 3.79. The van der Waals surface area contributed by atoms with Gasteiger partial charge in [-0.15, -0.1) is 0 Å². The standard InChI is InChI=1S/C22H27N7O2/c1-14-11-19(28-31-14)27-22(30)26-17-7-3-5-15(12-17)16-6-4-10-29(13-16)21(24-2)18-8-9-25-20(18)23/h3,5,7-9,11-12,16,25H,4,6,10,13,23H2,1-2H3,(H2,26,27,28,30). The summed E-state index contributed by atoms with van der Waals surface area (Å²) in [6, 6.07) is 11.2. The van der Waals surface area contributed by atoms with Crippen LogP contribution in [0.1, 0.15) is 35.6 Å². The number of likely N-dealkylation sites (tertiary alicyclic amines) is 1. The van der Waals surface area contributed by atoms with Crippen molar-refractivity contribution in [2.75, 3.05) is 36.5 Å². The summed E-state index contributed by atoms with van der Waals surface area (Å²) in [7, 11) is 1.80. The fourth-order valence-electron chi connectivity index (χ4n) is 4.03. The minimum Gasteiger partial charge on any atom is -0.385 e. The zero-order valence-corrected chi connectivity index (χ0v) is 17.7. The Bertz CT molecular complexity index is 1080. The number of H-pyrrole nitrogens is 1. The first-order valence-corrected chi connectivity index (χ1v) is 10.3. The van der Waals surface area contributed by atoms with Crippen LogP contribution in [0.25, 0.3) is 0 Å². The van der Waals surface area contributed by atoms with Crippen LogP contribution in [0.2, 0.25) is 0 Å². The molecule has 1 fully saturated rings. The van der Waals surface area contributed by atoms with Gasteiger partial charge in [-0.05, 0) is 43.5 Å². The number of carbonyl (C=O) groups is 1. The van der Waals surface area contributed by atoms with Crippen LogP contribution in [0.5, 0.6) is 0 Å². The van der Waals surface area contributed by atoms with Gasteiger partial charge in [0.05, 0.1) is 5.56 Å². The molecule has 5 N–H and O–H groups in total. The molecule has 3 aromatic rings. The lowest BCUT2D eigenvalue weighted by Crippen LogP contribution is -2.39. The fraction of sp³-hybridized carbons (Fsp3) is 0.318. The highest BCUT2D eigenvalue weighted by Gasteiger charge is 2.25. The van der Waals surface area contributed by atoms with Crippen LogP contribution in [0.15, 0.2) is 52.1 Å². The van der Waals surface area contributed by atoms with Crippen molar-refractivity contribution in [3.63, 3.8) is 0 Å². The fourth-order valence-corrected chi connectivity index (χ4v) is 4.03. The van der Waals surface area contributed by atoms with E-state index in [9.17, 15) is 4.79 Å². The molecule has 0 spiro atoms. The number of urea groups is 1. The molecule has 162 valence electrons. The number of aromatic nitrogens is 2. The molecule has 0 bridgehead atoms. The molecule has 1 unspecified atom stereocenters. The molecule has 9 heteroatoms. The molecule has 9 nitrogen and oxygen atoms in total. The van der Waals surface area contributed by atoms with Crippen molar-refractivity contribution in [3.05, 3.63) is 59.5 Å². The van der Waals surface area contributed by atoms with Crippen LogP contribution in [0.4, 0.5) is 22.1 Å². The van der Waals surface area contributed by atoms with Gasteiger partial charge in [-0.3, -0.25) is 10.3 Å². The van der Waals surface area contributed by atoms with Gasteiger partial charge in [0.2, 0.25) is 0 Å². The monoisotopic (exact) mass is 421 g/mol. The number of amidine groups is 1. The molecule has 1 atom stereocenters. The quantitative estimate of drug-likeness (QED) is 0.377. The highest BCUT2D eigenvalue weighted by atomic mass is 16.5. The van der Waals surface area contributed by atoms with Gasteiger partial charge in [-0.2, -0.15) is 0 Å². The predicted molar refractivity (Wildman–Crippen MR) is 122 cm³/mol. The van der Waals surface area contributed by atoms with Gasteiger partial charge >= 0.3 is 6.03 Å². The van der Waals surface area contributed by atoms with E-state index in [2.05, 4.69) is 36.7 Å². The summed E-state index contributed by atoms with van der Waals surface area (Å²) in [5.74, 6) is 2.87. The molecule has 4 rings (SSSR count). The Kier molecular flexibility index (Phi) is 5.92. The molecule has 1 aliphatic rings. The number of carbonyl (C=O) groups excluding carboxylic acids is 1. The van der Waals surface area contributed by atoms with Crippen molar-refractivity contribution in [3.8, 4) is 0 Å². The number of nitrogens with zero attached hydrogens (tertiary/aromatic N) is 3. The summed E-state index contributed by atoms with van der Waals surface area (Å²) < 4.78 is 4.97. The van der Waals surface area contributed by atoms with Crippen molar-refractivity contribution in [2.24, 2.45) is 4.99 Å². The number of nitrogen functional groups attached to an aromatic ring is 1. The average Bonchev–Trinajstić information content (AvgIpc) is 3.37. The van der Waals surface area contributed by atoms with E-state index in [1.54, 1.807) is 20.0 Å². The van der Waals surface area contributed by atoms with Gasteiger partial charge in [0.25, 0.3) is 0 Å². The third kappa shape index (κ3) is 4.71. The Balaban J connectivity index is 1.44. The molecule has 0 saturated carbocycles. The van der Waals surface area contributed by atoms with E-state index < -0.39 is 0 Å². The number of aryl methyl sites for hydroxylation is 1. The Morgan fingerprint density at radius 3 is 2.90 bits per heavy atom. The molecule has 0 radical (unpaired) electrons. The van der Waals surface area contributed by atoms with Crippen LogP contribution in [-0.2, 0) is 0 Å². The Labute approximate surface area is 180 Å². The Hall–Kier alpha value is -3.75. The number of piperidine rings is 1. The molecule has 1 saturated heterocycles. The number of aliphatic imine (C=N–C) groups is 1. The summed E-state index contributed by atoms with van der Waals surface area (Å²) in [6.07, 6.45) is 3.96. The number of aromatic amines is 1. The summed E-state index contributed by atoms with van der Waals surface area (Å²) in [4.78, 5) is 22.1. The lowest BCUT2D eigenvalue weighted by Gasteiger charge is -2.35. The van der Waals surface area contributed by atoms with Crippen molar-refractivity contribution in [1.29, 1.82) is 0 Å². The first-order chi connectivity index (χ1) is 15.0. The van der Waals surface area contributed by atoms with E-state index in [0.717, 1.165) is 43.0 Å². The zero-order chi connectivity index (χ0) is 21.8. The van der Waals surface area contributed by atoms with Crippen LogP contribution in [-0.4, -0.2) is 47.0 Å². The van der Waals surface area contributed by atoms with Gasteiger partial charge in [-0.25, -0.2) is 4.79 Å². The van der Waals surface area contributed by atoms with Crippen LogP contribution in [0, 0.1) is 6.92 Å². The summed E-state index contributed by atoms with van der Waals surface area (Å²) in [5.41, 5.74) is 8.91. The topological polar surface area (TPSA) is 125 Å². The maximum Gasteiger partial charge on any atom is 0.324 e. The second kappa shape index (κ2) is 8.95. The summed E-state index contributed by atoms with van der Waals surface area (Å²) in [5, 5.41) is 9.31. The molecular formula is C22H27N7O2. The average molecular weight is 422 g/mol. The van der Waals surface area contributed by atoms with Crippen molar-refractivity contribution < 1.29 is 9.32 Å². The number of nitrogens with one attached hydrogen (secondary N) is 3. The Morgan fingerprint density at radius 1 is 1.32 bits per heavy atom. The minimum absolute atomic E-state index is 0.327. The van der Waals surface area contributed by atoms with Crippen molar-refractivity contribution in [2.45, 2.75) is 25.7 Å². The second-order valence-electron chi connectivity index (χ2n) is 7.66. The first-order valence-electron chi connectivity index (χ1n) is 10.3. The third-order valence-corrected chi connectivity index (χ3v) is 5.44. The number of amides is 2. The van der Waals surface area contributed by atoms with E-state index in [-0.39, 0.29) is 6.03 Å². The SMILES string of the molecule is CN=C(c1cc[nH]c1N)N1CCCC(c2cccc(NC(=O)Nc3cc(C)on3)c2)C1. The largest absolute Gasteiger partial charge is 0.385 e. The van der Waals surface area contributed by atoms with Crippen LogP contribution >= 0.6 is 0 Å². The van der Waals surface area contributed by atoms with Crippen molar-refractivity contribution in [1.82, 2.24) is 15.0 Å². The van der Waals surface area contributed by atoms with Gasteiger partial charge in [-0.1, -0.05) is 17.3 Å². The number of anilines is 3. The zero-order valence-electron chi connectivity index (χ0n) is 17.7. The second-order valence-corrected chi connectivity index (χ2v) is 7.66. The van der Waals surface area contributed by atoms with E-state index in [4.69, 9.17) is 10.3 Å². The molecule has 0 aliphatic carbocycles. The number of hydrogen-bond donors (Lipinski definition) is 4. The molecule has 2 amide bonds. The van der Waals surface area contributed by atoms with Crippen LogP contribution in [0.3, 0.4) is 0 Å². The minimum atomic E-state index is -0.362. The summed E-state index contributed by atoms with van der Waals surface area (Å²) in [6.45, 7) is 3.54. The number of hydrogen-bond acceptors (Lipinski definition) is 5. The van der Waals surface area contributed by atoms with E-state index >= 15 is 0 Å². The normalized spacial score (nSPS) is 16.9. The van der Waals surface area contributed by atoms with E-state index in [1.807, 2.05) is 30.5 Å². The highest BCUT2D eigenvalue weighted by Crippen LogP contribution is 2.30. The number of benzene rings is 1. The van der Waals surface area contributed by atoms with Gasteiger partial charge < -0.3 is 25.5 Å². The van der Waals surface area contributed by atoms with Gasteiger partial charge in [0, 0.05) is 44.0 Å². The van der Waals surface area contributed by atoms with Crippen molar-refractivity contribution >= 4 is 29.2 Å². The van der Waals surface area contributed by atoms with E-state index in [1.165, 1.54) is 5.56 Å². The van der Waals surface area contributed by atoms with Crippen LogP contribution < -0.4 is 16.4 Å². The molecule has 1 aliphatic heterocycles. The molecule has 2 aromatic heterocycles. The first kappa shape index (κ1) is 20.5. The maximum absolute atomic E-state index is 12.3. The van der Waals surface area contributed by atoms with E-state index in [0.29, 0.717) is 23.3 Å².